The molecule has 0 atom stereocenters. The highest BCUT2D eigenvalue weighted by Crippen LogP contribution is 2.17. The molecule has 7 heteroatoms. The number of fused-ring (bicyclic) bond motifs is 2. The Morgan fingerprint density at radius 2 is 1.09 bits per heavy atom. The molecule has 0 aliphatic rings. The van der Waals surface area contributed by atoms with Crippen molar-refractivity contribution < 1.29 is 15.8 Å². The Morgan fingerprint density at radius 3 is 1.56 bits per heavy atom. The van der Waals surface area contributed by atoms with Gasteiger partial charge in [-0.05, 0) is 43.2 Å². The lowest BCUT2D eigenvalue weighted by Gasteiger charge is -2.04. The van der Waals surface area contributed by atoms with Gasteiger partial charge in [0.2, 0.25) is 0 Å². The summed E-state index contributed by atoms with van der Waals surface area (Å²) in [4.78, 5) is 64.7. The van der Waals surface area contributed by atoms with E-state index in [1.807, 2.05) is 0 Å². The molecule has 156 valence electrons. The summed E-state index contributed by atoms with van der Waals surface area (Å²) >= 11 is 0. The first-order valence-corrected chi connectivity index (χ1v) is 9.24. The second-order valence-corrected chi connectivity index (χ2v) is 7.11. The number of nitrogens with zero attached hydrogens (tertiary/aromatic N) is 2. The Balaban J connectivity index is 1.82. The van der Waals surface area contributed by atoms with Crippen molar-refractivity contribution in [2.75, 3.05) is 0 Å². The van der Waals surface area contributed by atoms with Crippen molar-refractivity contribution in [3.63, 3.8) is 0 Å². The van der Waals surface area contributed by atoms with Crippen LogP contribution in [0, 0.1) is 6.92 Å². The smallest absolute Gasteiger partial charge is 0.266 e. The molecule has 2 aromatic heterocycles. The third kappa shape index (κ3) is 2.71. The predicted octanol–water partition coefficient (Wildman–Crippen LogP) is 1.98. The van der Waals surface area contributed by atoms with E-state index in [0.717, 1.165) is 16.7 Å². The summed E-state index contributed by atoms with van der Waals surface area (Å²) < 4.78 is 67.1. The SMILES string of the molecule is [2H]c1c([2H])c(C(=O)c2c([2H])c([2H])c(-n3c(=O)c4cc5c(=O)n(C)c(=O)c5cc4c3=O)c([2H])c2[2H])c([2H])c([2H])c1C. The van der Waals surface area contributed by atoms with Crippen LogP contribution in [0.4, 0.5) is 0 Å². The topological polar surface area (TPSA) is 95.2 Å². The van der Waals surface area contributed by atoms with E-state index in [2.05, 4.69) is 0 Å². The Bertz CT molecular complexity index is 2090. The van der Waals surface area contributed by atoms with Gasteiger partial charge >= 0.3 is 0 Å². The molecule has 0 amide bonds. The number of rotatable bonds is 3. The lowest BCUT2D eigenvalue weighted by atomic mass is 10.0. The molecule has 0 bridgehead atoms. The zero-order valence-corrected chi connectivity index (χ0v) is 16.6. The first-order valence-electron chi connectivity index (χ1n) is 13.2. The van der Waals surface area contributed by atoms with Gasteiger partial charge in [-0.15, -0.1) is 0 Å². The third-order valence-electron chi connectivity index (χ3n) is 5.13. The molecule has 0 aliphatic heterocycles. The van der Waals surface area contributed by atoms with Crippen molar-refractivity contribution in [1.82, 2.24) is 9.13 Å². The van der Waals surface area contributed by atoms with Crippen LogP contribution in [0.25, 0.3) is 27.2 Å². The van der Waals surface area contributed by atoms with Crippen molar-refractivity contribution >= 4 is 27.3 Å². The minimum Gasteiger partial charge on any atom is -0.289 e. The lowest BCUT2D eigenvalue weighted by Crippen LogP contribution is -2.23. The zero-order chi connectivity index (χ0) is 29.7. The molecule has 3 aromatic carbocycles. The highest BCUT2D eigenvalue weighted by atomic mass is 16.2. The van der Waals surface area contributed by atoms with Gasteiger partial charge in [0, 0.05) is 18.2 Å². The molecule has 2 heterocycles. The van der Waals surface area contributed by atoms with Gasteiger partial charge in [0.25, 0.3) is 22.2 Å². The van der Waals surface area contributed by atoms with Gasteiger partial charge in [-0.2, -0.15) is 0 Å². The van der Waals surface area contributed by atoms with E-state index < -0.39 is 93.2 Å². The number of ketones is 1. The minimum absolute atomic E-state index is 0.0342. The van der Waals surface area contributed by atoms with Crippen LogP contribution < -0.4 is 22.2 Å². The number of carbonyl (C=O) groups excluding carboxylic acids is 1. The van der Waals surface area contributed by atoms with E-state index in [0.29, 0.717) is 4.57 Å². The fourth-order valence-electron chi connectivity index (χ4n) is 3.44. The second-order valence-electron chi connectivity index (χ2n) is 7.11. The van der Waals surface area contributed by atoms with Crippen LogP contribution in [-0.4, -0.2) is 14.9 Å². The first kappa shape index (κ1) is 12.5. The molecule has 0 unspecified atom stereocenters. The van der Waals surface area contributed by atoms with Crippen molar-refractivity contribution in [1.29, 1.82) is 0 Å². The quantitative estimate of drug-likeness (QED) is 0.406. The monoisotopic (exact) mass is 432 g/mol. The van der Waals surface area contributed by atoms with Gasteiger partial charge in [-0.1, -0.05) is 29.7 Å². The molecular weight excluding hydrogens is 408 g/mol. The number of benzene rings is 3. The summed E-state index contributed by atoms with van der Waals surface area (Å²) in [5.74, 6) is -1.31. The highest BCUT2D eigenvalue weighted by Gasteiger charge is 2.19. The Hall–Kier alpha value is -4.39. The maximum atomic E-state index is 13.4. The van der Waals surface area contributed by atoms with Gasteiger partial charge in [-0.25, -0.2) is 4.57 Å². The van der Waals surface area contributed by atoms with Crippen LogP contribution in [0.5, 0.6) is 0 Å². The second kappa shape index (κ2) is 6.81. The Labute approximate surface area is 191 Å². The first-order chi connectivity index (χ1) is 18.6. The standard InChI is InChI=1S/C25H16N2O5/c1-13-3-5-14(6-4-13)21(28)15-7-9-16(10-8-15)27-24(31)19-11-17-18(12-20(19)25(27)32)23(30)26(2)22(17)29/h3-12H,1-2H3/i3D,4D,5D,6D,7D,8D,9D,10D. The molecule has 7 nitrogen and oxygen atoms in total. The minimum atomic E-state index is -1.31. The summed E-state index contributed by atoms with van der Waals surface area (Å²) in [7, 11) is 1.23. The number of carbonyl (C=O) groups is 1. The number of hydrogen-bond donors (Lipinski definition) is 0. The van der Waals surface area contributed by atoms with Crippen LogP contribution >= 0.6 is 0 Å². The molecule has 0 radical (unpaired) electrons. The van der Waals surface area contributed by atoms with E-state index in [1.165, 1.54) is 14.0 Å². The molecule has 0 N–H and O–H groups in total. The van der Waals surface area contributed by atoms with E-state index in [1.54, 1.807) is 0 Å². The zero-order valence-electron chi connectivity index (χ0n) is 24.6. The van der Waals surface area contributed by atoms with Crippen LogP contribution in [-0.2, 0) is 7.05 Å². The molecular formula is C25H16N2O5. The summed E-state index contributed by atoms with van der Waals surface area (Å²) in [6, 6.07) is -4.25. The van der Waals surface area contributed by atoms with E-state index in [4.69, 9.17) is 11.0 Å². The summed E-state index contributed by atoms with van der Waals surface area (Å²) in [5.41, 5.74) is -5.99. The van der Waals surface area contributed by atoms with Crippen LogP contribution in [0.2, 0.25) is 0 Å². The maximum absolute atomic E-state index is 13.4. The summed E-state index contributed by atoms with van der Waals surface area (Å²) in [6.45, 7) is 1.32. The summed E-state index contributed by atoms with van der Waals surface area (Å²) in [6.07, 6.45) is 0. The van der Waals surface area contributed by atoms with Crippen molar-refractivity contribution in [2.45, 2.75) is 6.92 Å². The molecule has 0 saturated heterocycles. The molecule has 0 saturated carbocycles. The van der Waals surface area contributed by atoms with Crippen molar-refractivity contribution in [3.05, 3.63) is 119 Å². The molecule has 32 heavy (non-hydrogen) atoms. The number of hydrogen-bond acceptors (Lipinski definition) is 5. The average Bonchev–Trinajstić information content (AvgIpc) is 3.28. The van der Waals surface area contributed by atoms with Gasteiger partial charge in [0.1, 0.15) is 0 Å². The molecule has 5 aromatic rings. The van der Waals surface area contributed by atoms with Gasteiger partial charge in [0.05, 0.1) is 38.2 Å². The predicted molar refractivity (Wildman–Crippen MR) is 122 cm³/mol. The van der Waals surface area contributed by atoms with Gasteiger partial charge < -0.3 is 0 Å². The molecule has 0 spiro atoms. The maximum Gasteiger partial charge on any atom is 0.266 e. The molecule has 5 rings (SSSR count). The van der Waals surface area contributed by atoms with E-state index in [9.17, 15) is 24.0 Å². The molecule has 0 fully saturated rings. The van der Waals surface area contributed by atoms with Crippen LogP contribution in [0.15, 0.2) is 79.7 Å². The third-order valence-corrected chi connectivity index (χ3v) is 5.13. The van der Waals surface area contributed by atoms with E-state index >= 15 is 0 Å². The fourth-order valence-corrected chi connectivity index (χ4v) is 3.44. The van der Waals surface area contributed by atoms with Crippen LogP contribution in [0.3, 0.4) is 0 Å². The van der Waals surface area contributed by atoms with Gasteiger partial charge in [0.15, 0.2) is 5.78 Å². The fraction of sp³-hybridized carbons (Fsp3) is 0.0800. The molecule has 0 aliphatic carbocycles. The Morgan fingerprint density at radius 1 is 0.688 bits per heavy atom. The van der Waals surface area contributed by atoms with E-state index in [-0.39, 0.29) is 27.1 Å². The normalized spacial score (nSPS) is 14.9. The average molecular weight is 432 g/mol. The summed E-state index contributed by atoms with van der Waals surface area (Å²) in [5, 5.41) is -0.818. The number of aromatic nitrogens is 2. The lowest BCUT2D eigenvalue weighted by molar-refractivity contribution is 0.103. The largest absolute Gasteiger partial charge is 0.289 e. The Kier molecular flexibility index (Phi) is 2.65. The van der Waals surface area contributed by atoms with Crippen molar-refractivity contribution in [2.24, 2.45) is 7.05 Å². The van der Waals surface area contributed by atoms with Crippen molar-refractivity contribution in [3.8, 4) is 5.69 Å². The highest BCUT2D eigenvalue weighted by molar-refractivity contribution is 6.09. The van der Waals surface area contributed by atoms with Gasteiger partial charge in [-0.3, -0.25) is 28.5 Å². The van der Waals surface area contributed by atoms with Crippen LogP contribution in [0.1, 0.15) is 32.5 Å².